The van der Waals surface area contributed by atoms with E-state index < -0.39 is 0 Å². The van der Waals surface area contributed by atoms with Gasteiger partial charge in [-0.2, -0.15) is 0 Å². The molecule has 4 rings (SSSR count). The number of aryl methyl sites for hydroxylation is 1. The van der Waals surface area contributed by atoms with Crippen LogP contribution in [0.5, 0.6) is 0 Å². The molecule has 4 heterocycles. The first-order chi connectivity index (χ1) is 11.6. The number of hydrogen-bond donors (Lipinski definition) is 0. The Morgan fingerprint density at radius 2 is 2.04 bits per heavy atom. The first-order valence-corrected chi connectivity index (χ1v) is 9.87. The van der Waals surface area contributed by atoms with Crippen molar-refractivity contribution in [2.24, 2.45) is 0 Å². The average molecular weight is 332 g/mol. The van der Waals surface area contributed by atoms with E-state index in [1.54, 1.807) is 0 Å². The molecular weight excluding hydrogens is 298 g/mol. The molecule has 24 heavy (non-hydrogen) atoms. The second-order valence-electron chi connectivity index (χ2n) is 8.21. The summed E-state index contributed by atoms with van der Waals surface area (Å²) in [6.45, 7) is 13.9. The van der Waals surface area contributed by atoms with Gasteiger partial charge in [0.25, 0.3) is 0 Å². The number of nitrogens with zero attached hydrogens (tertiary/aromatic N) is 3. The van der Waals surface area contributed by atoms with E-state index in [0.717, 1.165) is 25.7 Å². The number of aromatic nitrogens is 1. The first kappa shape index (κ1) is 16.6. The molecule has 0 aliphatic carbocycles. The molecule has 4 heteroatoms. The van der Waals surface area contributed by atoms with Gasteiger partial charge in [-0.1, -0.05) is 0 Å². The fourth-order valence-corrected chi connectivity index (χ4v) is 4.99. The highest BCUT2D eigenvalue weighted by molar-refractivity contribution is 5.27. The van der Waals surface area contributed by atoms with Crippen LogP contribution in [-0.2, 0) is 17.8 Å². The predicted octanol–water partition coefficient (Wildman–Crippen LogP) is 2.95. The highest BCUT2D eigenvalue weighted by atomic mass is 16.5. The van der Waals surface area contributed by atoms with Gasteiger partial charge in [0, 0.05) is 56.3 Å². The van der Waals surface area contributed by atoms with Crippen molar-refractivity contribution in [1.29, 1.82) is 0 Å². The molecule has 0 bridgehead atoms. The molecule has 0 spiro atoms. The van der Waals surface area contributed by atoms with Gasteiger partial charge in [-0.25, -0.2) is 0 Å². The maximum absolute atomic E-state index is 5.85. The summed E-state index contributed by atoms with van der Waals surface area (Å²) in [7, 11) is 0. The molecule has 0 amide bonds. The van der Waals surface area contributed by atoms with E-state index in [-0.39, 0.29) is 0 Å². The zero-order valence-electron chi connectivity index (χ0n) is 15.6. The largest absolute Gasteiger partial charge is 0.376 e. The van der Waals surface area contributed by atoms with Crippen molar-refractivity contribution in [2.45, 2.75) is 77.7 Å². The quantitative estimate of drug-likeness (QED) is 0.846. The summed E-state index contributed by atoms with van der Waals surface area (Å²) in [6, 6.07) is 3.88. The van der Waals surface area contributed by atoms with Gasteiger partial charge < -0.3 is 9.30 Å². The van der Waals surface area contributed by atoms with Crippen molar-refractivity contribution in [3.05, 3.63) is 23.0 Å². The van der Waals surface area contributed by atoms with E-state index in [1.807, 2.05) is 0 Å². The third-order valence-electron chi connectivity index (χ3n) is 6.53. The number of hydrogen-bond acceptors (Lipinski definition) is 3. The third-order valence-corrected chi connectivity index (χ3v) is 6.53. The van der Waals surface area contributed by atoms with Gasteiger partial charge in [-0.15, -0.1) is 0 Å². The van der Waals surface area contributed by atoms with E-state index in [0.29, 0.717) is 12.1 Å². The normalized spacial score (nSPS) is 31.7. The SMILES string of the molecule is Cc1cc(CN2CC3CCCN3C[C@H]2C)c(C)n1CC1CCCO1. The second-order valence-corrected chi connectivity index (χ2v) is 8.21. The molecular formula is C20H33N3O. The topological polar surface area (TPSA) is 20.6 Å². The van der Waals surface area contributed by atoms with Gasteiger partial charge in [-0.05, 0) is 64.6 Å². The second kappa shape index (κ2) is 6.81. The van der Waals surface area contributed by atoms with Crippen LogP contribution in [0.1, 0.15) is 49.6 Å². The number of ether oxygens (including phenoxy) is 1. The number of fused-ring (bicyclic) bond motifs is 1. The Balaban J connectivity index is 1.46. The molecule has 1 aromatic heterocycles. The van der Waals surface area contributed by atoms with Crippen LogP contribution in [0.2, 0.25) is 0 Å². The predicted molar refractivity (Wildman–Crippen MR) is 97.3 cm³/mol. The van der Waals surface area contributed by atoms with Crippen LogP contribution in [0, 0.1) is 13.8 Å². The molecule has 0 radical (unpaired) electrons. The van der Waals surface area contributed by atoms with E-state index >= 15 is 0 Å². The van der Waals surface area contributed by atoms with Crippen LogP contribution in [0.15, 0.2) is 6.07 Å². The lowest BCUT2D eigenvalue weighted by atomic mass is 10.1. The van der Waals surface area contributed by atoms with Crippen LogP contribution in [0.25, 0.3) is 0 Å². The monoisotopic (exact) mass is 331 g/mol. The van der Waals surface area contributed by atoms with Crippen LogP contribution in [0.3, 0.4) is 0 Å². The van der Waals surface area contributed by atoms with Crippen LogP contribution < -0.4 is 0 Å². The van der Waals surface area contributed by atoms with Crippen molar-refractivity contribution in [3.8, 4) is 0 Å². The molecule has 134 valence electrons. The lowest BCUT2D eigenvalue weighted by Gasteiger charge is -2.42. The molecule has 2 unspecified atom stereocenters. The molecule has 0 aromatic carbocycles. The van der Waals surface area contributed by atoms with Crippen molar-refractivity contribution < 1.29 is 4.74 Å². The number of rotatable bonds is 4. The average Bonchev–Trinajstić information content (AvgIpc) is 3.26. The maximum Gasteiger partial charge on any atom is 0.0754 e. The van der Waals surface area contributed by atoms with Gasteiger partial charge in [0.2, 0.25) is 0 Å². The molecule has 3 atom stereocenters. The molecule has 1 aromatic rings. The minimum absolute atomic E-state index is 0.420. The Labute approximate surface area is 146 Å². The van der Waals surface area contributed by atoms with Gasteiger partial charge in [0.1, 0.15) is 0 Å². The molecule has 3 aliphatic rings. The molecule has 3 aliphatic heterocycles. The zero-order chi connectivity index (χ0) is 16.7. The summed E-state index contributed by atoms with van der Waals surface area (Å²) in [5.41, 5.74) is 4.36. The molecule has 0 saturated carbocycles. The highest BCUT2D eigenvalue weighted by Crippen LogP contribution is 2.27. The molecule has 3 saturated heterocycles. The van der Waals surface area contributed by atoms with Crippen LogP contribution in [-0.4, -0.2) is 58.8 Å². The van der Waals surface area contributed by atoms with Crippen molar-refractivity contribution in [3.63, 3.8) is 0 Å². The molecule has 3 fully saturated rings. The first-order valence-electron chi connectivity index (χ1n) is 9.87. The van der Waals surface area contributed by atoms with Crippen molar-refractivity contribution >= 4 is 0 Å². The fourth-order valence-electron chi connectivity index (χ4n) is 4.99. The molecule has 0 N–H and O–H groups in total. The Morgan fingerprint density at radius 3 is 2.83 bits per heavy atom. The van der Waals surface area contributed by atoms with Gasteiger partial charge >= 0.3 is 0 Å². The Kier molecular flexibility index (Phi) is 4.72. The van der Waals surface area contributed by atoms with Gasteiger partial charge in [-0.3, -0.25) is 9.80 Å². The lowest BCUT2D eigenvalue weighted by Crippen LogP contribution is -2.54. The smallest absolute Gasteiger partial charge is 0.0754 e. The van der Waals surface area contributed by atoms with Crippen molar-refractivity contribution in [2.75, 3.05) is 26.2 Å². The Morgan fingerprint density at radius 1 is 1.17 bits per heavy atom. The Bertz CT molecular complexity index is 576. The maximum atomic E-state index is 5.85. The van der Waals surface area contributed by atoms with Crippen LogP contribution in [0.4, 0.5) is 0 Å². The van der Waals surface area contributed by atoms with Gasteiger partial charge in [0.15, 0.2) is 0 Å². The minimum atomic E-state index is 0.420. The van der Waals surface area contributed by atoms with E-state index in [9.17, 15) is 0 Å². The number of piperazine rings is 1. The fraction of sp³-hybridized carbons (Fsp3) is 0.800. The third kappa shape index (κ3) is 3.16. The summed E-state index contributed by atoms with van der Waals surface area (Å²) < 4.78 is 8.34. The van der Waals surface area contributed by atoms with Crippen LogP contribution >= 0.6 is 0 Å². The summed E-state index contributed by atoms with van der Waals surface area (Å²) >= 11 is 0. The lowest BCUT2D eigenvalue weighted by molar-refractivity contribution is 0.0538. The van der Waals surface area contributed by atoms with E-state index in [4.69, 9.17) is 4.74 Å². The zero-order valence-corrected chi connectivity index (χ0v) is 15.6. The van der Waals surface area contributed by atoms with Gasteiger partial charge in [0.05, 0.1) is 6.10 Å². The summed E-state index contributed by atoms with van der Waals surface area (Å²) in [6.07, 6.45) is 5.64. The summed E-state index contributed by atoms with van der Waals surface area (Å²) in [5, 5.41) is 0. The van der Waals surface area contributed by atoms with E-state index in [2.05, 4.69) is 41.2 Å². The highest BCUT2D eigenvalue weighted by Gasteiger charge is 2.34. The summed E-state index contributed by atoms with van der Waals surface area (Å²) in [5.74, 6) is 0. The van der Waals surface area contributed by atoms with Crippen molar-refractivity contribution in [1.82, 2.24) is 14.4 Å². The Hall–Kier alpha value is -0.840. The standard InChI is InChI=1S/C20H33N3O/c1-15-10-18(17(3)23(15)14-20-7-5-9-24-20)12-22-13-19-6-4-8-21(19)11-16(22)2/h10,16,19-20H,4-9,11-14H2,1-3H3/t16-,19?,20?/m1/s1. The minimum Gasteiger partial charge on any atom is -0.376 e. The molecule has 4 nitrogen and oxygen atoms in total. The van der Waals surface area contributed by atoms with E-state index in [1.165, 1.54) is 62.3 Å². The summed E-state index contributed by atoms with van der Waals surface area (Å²) in [4.78, 5) is 5.42.